The fourth-order valence-corrected chi connectivity index (χ4v) is 3.73. The van der Waals surface area contributed by atoms with Crippen LogP contribution in [0, 0.1) is 13.8 Å². The van der Waals surface area contributed by atoms with Crippen LogP contribution < -0.4 is 0 Å². The van der Waals surface area contributed by atoms with Gasteiger partial charge in [-0.15, -0.1) is 11.3 Å². The number of amidine groups is 1. The number of rotatable bonds is 5. The first-order chi connectivity index (χ1) is 13.6. The van der Waals surface area contributed by atoms with Gasteiger partial charge in [0.25, 0.3) is 5.91 Å². The van der Waals surface area contributed by atoms with E-state index in [4.69, 9.17) is 4.84 Å². The summed E-state index contributed by atoms with van der Waals surface area (Å²) in [6.07, 6.45) is 1.48. The van der Waals surface area contributed by atoms with Crippen LogP contribution in [0.4, 0.5) is 0 Å². The Balaban J connectivity index is 1.67. The number of thiazole rings is 1. The van der Waals surface area contributed by atoms with Gasteiger partial charge in [-0.3, -0.25) is 14.7 Å². The molecule has 0 saturated heterocycles. The summed E-state index contributed by atoms with van der Waals surface area (Å²) in [5.74, 6) is 0.294. The SMILES string of the molecule is Cc1nc(CN2C(=O)C(Cc3ccccc3)ON=C2c2ncccc2C)cs1. The van der Waals surface area contributed by atoms with E-state index >= 15 is 0 Å². The zero-order valence-corrected chi connectivity index (χ0v) is 16.5. The molecule has 0 fully saturated rings. The molecule has 0 radical (unpaired) electrons. The van der Waals surface area contributed by atoms with Crippen molar-refractivity contribution in [2.45, 2.75) is 32.9 Å². The van der Waals surface area contributed by atoms with Gasteiger partial charge in [0, 0.05) is 18.0 Å². The minimum atomic E-state index is -0.671. The molecule has 7 heteroatoms. The second-order valence-corrected chi connectivity index (χ2v) is 7.71. The van der Waals surface area contributed by atoms with Crippen molar-refractivity contribution in [2.24, 2.45) is 5.16 Å². The van der Waals surface area contributed by atoms with E-state index in [0.717, 1.165) is 21.8 Å². The van der Waals surface area contributed by atoms with Crippen molar-refractivity contribution in [3.05, 3.63) is 81.6 Å². The predicted molar refractivity (Wildman–Crippen MR) is 108 cm³/mol. The first-order valence-corrected chi connectivity index (χ1v) is 9.92. The number of pyridine rings is 1. The summed E-state index contributed by atoms with van der Waals surface area (Å²) in [7, 11) is 0. The minimum Gasteiger partial charge on any atom is -0.380 e. The van der Waals surface area contributed by atoms with Crippen LogP contribution >= 0.6 is 11.3 Å². The Morgan fingerprint density at radius 2 is 1.96 bits per heavy atom. The molecule has 0 N–H and O–H groups in total. The van der Waals surface area contributed by atoms with Gasteiger partial charge in [0.2, 0.25) is 11.9 Å². The fourth-order valence-electron chi connectivity index (χ4n) is 3.13. The lowest BCUT2D eigenvalue weighted by Gasteiger charge is -2.31. The topological polar surface area (TPSA) is 67.7 Å². The molecule has 3 aromatic rings. The lowest BCUT2D eigenvalue weighted by molar-refractivity contribution is -0.143. The number of amides is 1. The van der Waals surface area contributed by atoms with Crippen molar-refractivity contribution in [1.82, 2.24) is 14.9 Å². The molecule has 1 unspecified atom stereocenters. The van der Waals surface area contributed by atoms with E-state index in [1.165, 1.54) is 0 Å². The maximum Gasteiger partial charge on any atom is 0.272 e. The molecule has 0 bridgehead atoms. The number of carbonyl (C=O) groups is 1. The molecular formula is C21H20N4O2S. The largest absolute Gasteiger partial charge is 0.380 e. The van der Waals surface area contributed by atoms with Gasteiger partial charge in [0.1, 0.15) is 5.69 Å². The Kier molecular flexibility index (Phi) is 5.16. The Morgan fingerprint density at radius 3 is 2.68 bits per heavy atom. The third kappa shape index (κ3) is 3.80. The molecule has 4 rings (SSSR count). The van der Waals surface area contributed by atoms with Crippen LogP contribution in [-0.2, 0) is 22.6 Å². The van der Waals surface area contributed by atoms with E-state index in [2.05, 4.69) is 15.1 Å². The fraction of sp³-hybridized carbons (Fsp3) is 0.238. The maximum absolute atomic E-state index is 13.3. The summed E-state index contributed by atoms with van der Waals surface area (Å²) in [6.45, 7) is 4.23. The van der Waals surface area contributed by atoms with Gasteiger partial charge in [-0.05, 0) is 31.0 Å². The van der Waals surface area contributed by atoms with Gasteiger partial charge < -0.3 is 4.84 Å². The molecule has 1 aliphatic heterocycles. The Hall–Kier alpha value is -3.06. The quantitative estimate of drug-likeness (QED) is 0.667. The second kappa shape index (κ2) is 7.90. The molecule has 2 aromatic heterocycles. The van der Waals surface area contributed by atoms with Crippen molar-refractivity contribution in [2.75, 3.05) is 0 Å². The number of carbonyl (C=O) groups excluding carboxylic acids is 1. The monoisotopic (exact) mass is 392 g/mol. The molecule has 6 nitrogen and oxygen atoms in total. The summed E-state index contributed by atoms with van der Waals surface area (Å²) in [4.78, 5) is 29.5. The maximum atomic E-state index is 13.3. The number of benzene rings is 1. The number of aryl methyl sites for hydroxylation is 2. The molecule has 0 aliphatic carbocycles. The zero-order chi connectivity index (χ0) is 19.5. The Morgan fingerprint density at radius 1 is 1.14 bits per heavy atom. The molecule has 1 amide bonds. The van der Waals surface area contributed by atoms with Crippen molar-refractivity contribution in [3.63, 3.8) is 0 Å². The third-order valence-corrected chi connectivity index (χ3v) is 5.36. The van der Waals surface area contributed by atoms with E-state index in [1.807, 2.05) is 61.7 Å². The van der Waals surface area contributed by atoms with Crippen LogP contribution in [0.1, 0.15) is 27.5 Å². The van der Waals surface area contributed by atoms with Crippen LogP contribution in [0.15, 0.2) is 59.2 Å². The molecule has 0 spiro atoms. The van der Waals surface area contributed by atoms with Crippen LogP contribution in [-0.4, -0.2) is 32.7 Å². The van der Waals surface area contributed by atoms with Crippen molar-refractivity contribution < 1.29 is 9.63 Å². The van der Waals surface area contributed by atoms with E-state index in [-0.39, 0.29) is 5.91 Å². The highest BCUT2D eigenvalue weighted by Crippen LogP contribution is 2.22. The summed E-state index contributed by atoms with van der Waals surface area (Å²) < 4.78 is 0. The summed E-state index contributed by atoms with van der Waals surface area (Å²) in [5, 5.41) is 7.24. The average Bonchev–Trinajstić information content (AvgIpc) is 3.11. The summed E-state index contributed by atoms with van der Waals surface area (Å²) in [5.41, 5.74) is 3.43. The number of hydrogen-bond donors (Lipinski definition) is 0. The molecular weight excluding hydrogens is 372 g/mol. The number of oxime groups is 1. The molecule has 3 heterocycles. The molecule has 1 aliphatic rings. The zero-order valence-electron chi connectivity index (χ0n) is 15.7. The van der Waals surface area contributed by atoms with Crippen molar-refractivity contribution >= 4 is 23.1 Å². The summed E-state index contributed by atoms with van der Waals surface area (Å²) in [6, 6.07) is 13.6. The highest BCUT2D eigenvalue weighted by molar-refractivity contribution is 7.09. The first kappa shape index (κ1) is 18.3. The average molecular weight is 392 g/mol. The van der Waals surface area contributed by atoms with E-state index in [9.17, 15) is 4.79 Å². The molecule has 28 heavy (non-hydrogen) atoms. The lowest BCUT2D eigenvalue weighted by atomic mass is 10.1. The molecule has 1 atom stereocenters. The van der Waals surface area contributed by atoms with Crippen LogP contribution in [0.2, 0.25) is 0 Å². The van der Waals surface area contributed by atoms with E-state index < -0.39 is 6.10 Å². The lowest BCUT2D eigenvalue weighted by Crippen LogP contribution is -2.48. The van der Waals surface area contributed by atoms with Gasteiger partial charge in [-0.25, -0.2) is 4.98 Å². The molecule has 1 aromatic carbocycles. The van der Waals surface area contributed by atoms with Crippen LogP contribution in [0.3, 0.4) is 0 Å². The van der Waals surface area contributed by atoms with Gasteiger partial charge in [0.15, 0.2) is 0 Å². The van der Waals surface area contributed by atoms with Crippen molar-refractivity contribution in [1.29, 1.82) is 0 Å². The Bertz CT molecular complexity index is 1020. The van der Waals surface area contributed by atoms with Gasteiger partial charge >= 0.3 is 0 Å². The van der Waals surface area contributed by atoms with Gasteiger partial charge in [0.05, 0.1) is 17.2 Å². The van der Waals surface area contributed by atoms with Crippen LogP contribution in [0.5, 0.6) is 0 Å². The smallest absolute Gasteiger partial charge is 0.272 e. The van der Waals surface area contributed by atoms with Crippen LogP contribution in [0.25, 0.3) is 0 Å². The highest BCUT2D eigenvalue weighted by atomic mass is 32.1. The number of hydrogen-bond acceptors (Lipinski definition) is 6. The normalized spacial score (nSPS) is 16.6. The minimum absolute atomic E-state index is 0.135. The Labute approximate surface area is 167 Å². The highest BCUT2D eigenvalue weighted by Gasteiger charge is 2.36. The second-order valence-electron chi connectivity index (χ2n) is 6.65. The molecule has 0 saturated carbocycles. The standard InChI is InChI=1S/C21H20N4O2S/c1-14-7-6-10-22-19(14)20-24-27-18(11-16-8-4-3-5-9-16)21(26)25(20)12-17-13-28-15(2)23-17/h3-10,13,18H,11-12H2,1-2H3. The van der Waals surface area contributed by atoms with Gasteiger partial charge in [-0.1, -0.05) is 41.6 Å². The first-order valence-electron chi connectivity index (χ1n) is 9.04. The van der Waals surface area contributed by atoms with Gasteiger partial charge in [-0.2, -0.15) is 0 Å². The van der Waals surface area contributed by atoms with E-state index in [0.29, 0.717) is 24.5 Å². The summed E-state index contributed by atoms with van der Waals surface area (Å²) >= 11 is 1.56. The van der Waals surface area contributed by atoms with E-state index in [1.54, 1.807) is 22.4 Å². The third-order valence-electron chi connectivity index (χ3n) is 4.54. The predicted octanol–water partition coefficient (Wildman–Crippen LogP) is 3.49. The molecule has 142 valence electrons. The number of nitrogens with zero attached hydrogens (tertiary/aromatic N) is 4. The number of aromatic nitrogens is 2. The van der Waals surface area contributed by atoms with Crippen molar-refractivity contribution in [3.8, 4) is 0 Å².